The maximum Gasteiger partial charge on any atom is 0.408 e. The highest BCUT2D eigenvalue weighted by Gasteiger charge is 2.41. The molecule has 1 fully saturated rings. The average Bonchev–Trinajstić information content (AvgIpc) is 1.90. The minimum Gasteiger partial charge on any atom is -0.481 e. The van der Waals surface area contributed by atoms with Crippen LogP contribution in [-0.2, 0) is 9.53 Å². The number of nitrogens with one attached hydrogen (secondary N) is 1. The van der Waals surface area contributed by atoms with Gasteiger partial charge in [-0.05, 0) is 46.5 Å². The SMILES string of the molecule is CC(C)(C)OC(=O)NC(C)(CC(=O)O)C1CCC1. The van der Waals surface area contributed by atoms with E-state index in [4.69, 9.17) is 9.84 Å². The fourth-order valence-corrected chi connectivity index (χ4v) is 2.19. The van der Waals surface area contributed by atoms with Gasteiger partial charge in [0.05, 0.1) is 12.0 Å². The molecule has 0 saturated heterocycles. The summed E-state index contributed by atoms with van der Waals surface area (Å²) < 4.78 is 5.19. The number of carboxylic acid groups (broad SMARTS) is 1. The molecule has 0 spiro atoms. The van der Waals surface area contributed by atoms with E-state index in [0.29, 0.717) is 0 Å². The first kappa shape index (κ1) is 14.8. The summed E-state index contributed by atoms with van der Waals surface area (Å²) >= 11 is 0. The number of alkyl carbamates (subject to hydrolysis) is 1. The molecule has 2 N–H and O–H groups in total. The van der Waals surface area contributed by atoms with Gasteiger partial charge in [-0.25, -0.2) is 4.79 Å². The molecule has 1 atom stereocenters. The Hall–Kier alpha value is -1.26. The van der Waals surface area contributed by atoms with Gasteiger partial charge in [-0.3, -0.25) is 4.79 Å². The summed E-state index contributed by atoms with van der Waals surface area (Å²) in [4.78, 5) is 22.7. The van der Waals surface area contributed by atoms with Gasteiger partial charge in [-0.15, -0.1) is 0 Å². The number of carbonyl (C=O) groups is 2. The molecular formula is C13H23NO4. The molecule has 1 aliphatic rings. The first-order chi connectivity index (χ1) is 8.12. The highest BCUT2D eigenvalue weighted by Crippen LogP contribution is 2.38. The first-order valence-electron chi connectivity index (χ1n) is 6.35. The normalized spacial score (nSPS) is 19.6. The van der Waals surface area contributed by atoms with Crippen molar-refractivity contribution in [3.8, 4) is 0 Å². The molecule has 0 heterocycles. The third kappa shape index (κ3) is 4.20. The predicted molar refractivity (Wildman–Crippen MR) is 67.4 cm³/mol. The van der Waals surface area contributed by atoms with Crippen molar-refractivity contribution in [3.63, 3.8) is 0 Å². The van der Waals surface area contributed by atoms with Crippen LogP contribution in [0.25, 0.3) is 0 Å². The summed E-state index contributed by atoms with van der Waals surface area (Å²) in [6.45, 7) is 7.13. The van der Waals surface area contributed by atoms with E-state index in [-0.39, 0.29) is 12.3 Å². The Balaban J connectivity index is 2.66. The summed E-state index contributed by atoms with van der Waals surface area (Å²) in [5.74, 6) is -0.679. The molecule has 104 valence electrons. The molecule has 1 saturated carbocycles. The van der Waals surface area contributed by atoms with E-state index in [0.717, 1.165) is 19.3 Å². The molecule has 5 nitrogen and oxygen atoms in total. The van der Waals surface area contributed by atoms with E-state index in [1.165, 1.54) is 0 Å². The van der Waals surface area contributed by atoms with Crippen molar-refractivity contribution in [2.24, 2.45) is 5.92 Å². The van der Waals surface area contributed by atoms with E-state index in [1.54, 1.807) is 27.7 Å². The standard InChI is InChI=1S/C13H23NO4/c1-12(2,3)18-11(17)14-13(4,8-10(15)16)9-6-5-7-9/h9H,5-8H2,1-4H3,(H,14,17)(H,15,16). The minimum atomic E-state index is -0.902. The van der Waals surface area contributed by atoms with Gasteiger partial charge in [0, 0.05) is 0 Å². The quantitative estimate of drug-likeness (QED) is 0.811. The number of carboxylic acids is 1. The lowest BCUT2D eigenvalue weighted by molar-refractivity contribution is -0.139. The lowest BCUT2D eigenvalue weighted by atomic mass is 9.70. The van der Waals surface area contributed by atoms with Gasteiger partial charge in [0.1, 0.15) is 5.60 Å². The van der Waals surface area contributed by atoms with Crippen LogP contribution in [0.4, 0.5) is 4.79 Å². The molecular weight excluding hydrogens is 234 g/mol. The number of ether oxygens (including phenoxy) is 1. The van der Waals surface area contributed by atoms with Crippen LogP contribution < -0.4 is 5.32 Å². The molecule has 18 heavy (non-hydrogen) atoms. The molecule has 1 rings (SSSR count). The molecule has 0 bridgehead atoms. The van der Waals surface area contributed by atoms with Crippen molar-refractivity contribution in [2.75, 3.05) is 0 Å². The number of hydrogen-bond donors (Lipinski definition) is 2. The van der Waals surface area contributed by atoms with E-state index < -0.39 is 23.2 Å². The lowest BCUT2D eigenvalue weighted by Gasteiger charge is -2.42. The summed E-state index contributed by atoms with van der Waals surface area (Å²) in [7, 11) is 0. The van der Waals surface area contributed by atoms with Crippen molar-refractivity contribution in [1.29, 1.82) is 0 Å². The second-order valence-corrected chi connectivity index (χ2v) is 6.24. The number of hydrogen-bond acceptors (Lipinski definition) is 3. The van der Waals surface area contributed by atoms with Crippen molar-refractivity contribution in [3.05, 3.63) is 0 Å². The lowest BCUT2D eigenvalue weighted by Crippen LogP contribution is -2.55. The van der Waals surface area contributed by atoms with E-state index in [9.17, 15) is 9.59 Å². The Morgan fingerprint density at radius 2 is 1.83 bits per heavy atom. The maximum atomic E-state index is 11.8. The third-order valence-electron chi connectivity index (χ3n) is 3.31. The summed E-state index contributed by atoms with van der Waals surface area (Å²) in [5, 5.41) is 11.7. The summed E-state index contributed by atoms with van der Waals surface area (Å²) in [6, 6.07) is 0. The van der Waals surface area contributed by atoms with Crippen molar-refractivity contribution < 1.29 is 19.4 Å². The fraction of sp³-hybridized carbons (Fsp3) is 0.846. The van der Waals surface area contributed by atoms with Gasteiger partial charge in [0.15, 0.2) is 0 Å². The van der Waals surface area contributed by atoms with Gasteiger partial charge in [0.25, 0.3) is 0 Å². The van der Waals surface area contributed by atoms with Crippen molar-refractivity contribution in [1.82, 2.24) is 5.32 Å². The Kier molecular flexibility index (Phi) is 4.24. The van der Waals surface area contributed by atoms with Crippen LogP contribution in [0.2, 0.25) is 0 Å². The maximum absolute atomic E-state index is 11.8. The van der Waals surface area contributed by atoms with Crippen LogP contribution in [0.3, 0.4) is 0 Å². The number of aliphatic carboxylic acids is 1. The zero-order valence-electron chi connectivity index (χ0n) is 11.6. The molecule has 0 aromatic rings. The number of carbonyl (C=O) groups excluding carboxylic acids is 1. The highest BCUT2D eigenvalue weighted by atomic mass is 16.6. The van der Waals surface area contributed by atoms with Crippen LogP contribution >= 0.6 is 0 Å². The number of rotatable bonds is 4. The zero-order chi connectivity index (χ0) is 14.0. The van der Waals surface area contributed by atoms with Gasteiger partial charge < -0.3 is 15.2 Å². The van der Waals surface area contributed by atoms with E-state index in [1.807, 2.05) is 0 Å². The Bertz CT molecular complexity index is 330. The Morgan fingerprint density at radius 3 is 2.17 bits per heavy atom. The Labute approximate surface area is 108 Å². The molecule has 0 radical (unpaired) electrons. The van der Waals surface area contributed by atoms with Crippen molar-refractivity contribution >= 4 is 12.1 Å². The summed E-state index contributed by atoms with van der Waals surface area (Å²) in [5.41, 5.74) is -1.29. The average molecular weight is 257 g/mol. The number of amides is 1. The molecule has 1 unspecified atom stereocenters. The fourth-order valence-electron chi connectivity index (χ4n) is 2.19. The molecule has 1 aliphatic carbocycles. The first-order valence-corrected chi connectivity index (χ1v) is 6.35. The zero-order valence-corrected chi connectivity index (χ0v) is 11.6. The van der Waals surface area contributed by atoms with Crippen LogP contribution in [0.1, 0.15) is 53.4 Å². The second-order valence-electron chi connectivity index (χ2n) is 6.24. The molecule has 0 aliphatic heterocycles. The van der Waals surface area contributed by atoms with Crippen molar-refractivity contribution in [2.45, 2.75) is 64.5 Å². The van der Waals surface area contributed by atoms with E-state index in [2.05, 4.69) is 5.32 Å². The molecule has 0 aromatic heterocycles. The monoisotopic (exact) mass is 257 g/mol. The molecule has 0 aromatic carbocycles. The van der Waals surface area contributed by atoms with Gasteiger partial charge in [0.2, 0.25) is 0 Å². The van der Waals surface area contributed by atoms with Gasteiger partial charge in [-0.1, -0.05) is 6.42 Å². The van der Waals surface area contributed by atoms with Gasteiger partial charge in [-0.2, -0.15) is 0 Å². The van der Waals surface area contributed by atoms with Crippen LogP contribution in [0.15, 0.2) is 0 Å². The smallest absolute Gasteiger partial charge is 0.408 e. The van der Waals surface area contributed by atoms with Crippen LogP contribution in [-0.4, -0.2) is 28.3 Å². The predicted octanol–water partition coefficient (Wildman–Crippen LogP) is 2.54. The molecule has 5 heteroatoms. The van der Waals surface area contributed by atoms with Gasteiger partial charge >= 0.3 is 12.1 Å². The highest BCUT2D eigenvalue weighted by molar-refractivity contribution is 5.73. The summed E-state index contributed by atoms with van der Waals surface area (Å²) in [6.07, 6.45) is 2.39. The minimum absolute atomic E-state index is 0.0725. The molecule has 1 amide bonds. The largest absolute Gasteiger partial charge is 0.481 e. The van der Waals surface area contributed by atoms with Crippen LogP contribution in [0.5, 0.6) is 0 Å². The topological polar surface area (TPSA) is 75.6 Å². The Morgan fingerprint density at radius 1 is 1.28 bits per heavy atom. The second kappa shape index (κ2) is 5.16. The van der Waals surface area contributed by atoms with E-state index >= 15 is 0 Å². The third-order valence-corrected chi connectivity index (χ3v) is 3.31. The van der Waals surface area contributed by atoms with Crippen LogP contribution in [0, 0.1) is 5.92 Å².